The maximum Gasteiger partial charge on any atom is 0.138 e. The molecule has 1 unspecified atom stereocenters. The van der Waals surface area contributed by atoms with E-state index in [4.69, 9.17) is 0 Å². The van der Waals surface area contributed by atoms with Crippen LogP contribution in [0.3, 0.4) is 0 Å². The van der Waals surface area contributed by atoms with Crippen molar-refractivity contribution in [2.45, 2.75) is 13.1 Å². The first-order valence-electron chi connectivity index (χ1n) is 2.84. The number of fused-ring (bicyclic) bond motifs is 1. The molecule has 8 heavy (non-hydrogen) atoms. The van der Waals surface area contributed by atoms with Crippen LogP contribution < -0.4 is 0 Å². The molecule has 1 fully saturated rings. The van der Waals surface area contributed by atoms with Gasteiger partial charge < -0.3 is 4.90 Å². The lowest BCUT2D eigenvalue weighted by atomic mass is 10.4. The molecule has 0 aromatic heterocycles. The average molecular weight is 108 g/mol. The molecule has 2 rings (SSSR count). The largest absolute Gasteiger partial charge is 0.348 e. The first kappa shape index (κ1) is 4.13. The van der Waals surface area contributed by atoms with Crippen LogP contribution in [0.2, 0.25) is 0 Å². The Kier molecular flexibility index (Phi) is 0.583. The van der Waals surface area contributed by atoms with Gasteiger partial charge in [-0.1, -0.05) is 0 Å². The zero-order valence-corrected chi connectivity index (χ0v) is 4.83. The summed E-state index contributed by atoms with van der Waals surface area (Å²) in [7, 11) is 0. The predicted molar refractivity (Wildman–Crippen MR) is 32.7 cm³/mol. The van der Waals surface area contributed by atoms with Gasteiger partial charge in [0.2, 0.25) is 0 Å². The van der Waals surface area contributed by atoms with Crippen molar-refractivity contribution < 1.29 is 0 Å². The molecule has 0 aliphatic carbocycles. The van der Waals surface area contributed by atoms with Gasteiger partial charge in [0, 0.05) is 11.9 Å². The van der Waals surface area contributed by atoms with E-state index in [1.807, 2.05) is 12.3 Å². The minimum Gasteiger partial charge on any atom is -0.348 e. The third-order valence-corrected chi connectivity index (χ3v) is 1.61. The third kappa shape index (κ3) is 0.399. The molecule has 0 bridgehead atoms. The first-order valence-corrected chi connectivity index (χ1v) is 2.84. The Morgan fingerprint density at radius 2 is 2.75 bits per heavy atom. The van der Waals surface area contributed by atoms with Crippen molar-refractivity contribution in [1.29, 1.82) is 0 Å². The van der Waals surface area contributed by atoms with Crippen LogP contribution in [0.5, 0.6) is 0 Å². The van der Waals surface area contributed by atoms with Gasteiger partial charge in [0.25, 0.3) is 0 Å². The van der Waals surface area contributed by atoms with Gasteiger partial charge in [0.05, 0.1) is 6.54 Å². The van der Waals surface area contributed by atoms with Gasteiger partial charge in [0.1, 0.15) is 6.17 Å². The van der Waals surface area contributed by atoms with E-state index in [-0.39, 0.29) is 0 Å². The quantitative estimate of drug-likeness (QED) is 0.415. The fourth-order valence-corrected chi connectivity index (χ4v) is 0.981. The molecule has 2 nitrogen and oxygen atoms in total. The van der Waals surface area contributed by atoms with E-state index in [9.17, 15) is 0 Å². The number of aliphatic imine (C=N–C) groups is 1. The Labute approximate surface area is 48.5 Å². The monoisotopic (exact) mass is 108 g/mol. The average Bonchev–Trinajstić information content (AvgIpc) is 2.45. The molecule has 0 spiro atoms. The number of rotatable bonds is 0. The summed E-state index contributed by atoms with van der Waals surface area (Å²) in [5.74, 6) is 0. The van der Waals surface area contributed by atoms with Gasteiger partial charge in [0.15, 0.2) is 0 Å². The van der Waals surface area contributed by atoms with Crippen LogP contribution >= 0.6 is 0 Å². The van der Waals surface area contributed by atoms with Crippen molar-refractivity contribution in [3.8, 4) is 0 Å². The van der Waals surface area contributed by atoms with Crippen molar-refractivity contribution in [3.63, 3.8) is 0 Å². The Balaban J connectivity index is 2.30. The lowest BCUT2D eigenvalue weighted by molar-refractivity contribution is 0.626. The highest BCUT2D eigenvalue weighted by molar-refractivity contribution is 5.73. The van der Waals surface area contributed by atoms with Crippen molar-refractivity contribution >= 4 is 6.21 Å². The molecule has 0 radical (unpaired) electrons. The predicted octanol–water partition coefficient (Wildman–Crippen LogP) is 0.616. The van der Waals surface area contributed by atoms with Crippen molar-refractivity contribution in [3.05, 3.63) is 11.8 Å². The summed E-state index contributed by atoms with van der Waals surface area (Å²) in [5.41, 5.74) is 1.35. The molecule has 0 saturated carbocycles. The number of nitrogens with zero attached hydrogens (tertiary/aromatic N) is 2. The summed E-state index contributed by atoms with van der Waals surface area (Å²) in [5, 5.41) is 0. The topological polar surface area (TPSA) is 15.4 Å². The summed E-state index contributed by atoms with van der Waals surface area (Å²) in [6, 6.07) is 0. The minimum atomic E-state index is 0.514. The molecule has 1 saturated heterocycles. The second kappa shape index (κ2) is 1.13. The van der Waals surface area contributed by atoms with E-state index in [2.05, 4.69) is 16.8 Å². The van der Waals surface area contributed by atoms with Gasteiger partial charge in [-0.05, 0) is 13.0 Å². The first-order chi connectivity index (χ1) is 3.88. The van der Waals surface area contributed by atoms with Crippen LogP contribution in [0.4, 0.5) is 0 Å². The van der Waals surface area contributed by atoms with Crippen LogP contribution in [-0.2, 0) is 0 Å². The Morgan fingerprint density at radius 1 is 1.88 bits per heavy atom. The van der Waals surface area contributed by atoms with Crippen LogP contribution in [0.25, 0.3) is 0 Å². The van der Waals surface area contributed by atoms with Crippen LogP contribution in [0.1, 0.15) is 6.92 Å². The molecule has 0 aromatic carbocycles. The normalized spacial score (nSPS) is 31.9. The van der Waals surface area contributed by atoms with Crippen LogP contribution in [0, 0.1) is 0 Å². The zero-order valence-electron chi connectivity index (χ0n) is 4.83. The third-order valence-electron chi connectivity index (χ3n) is 1.61. The highest BCUT2D eigenvalue weighted by atomic mass is 15.4. The van der Waals surface area contributed by atoms with E-state index in [1.54, 1.807) is 0 Å². The minimum absolute atomic E-state index is 0.514. The Hall–Kier alpha value is -0.790. The van der Waals surface area contributed by atoms with Gasteiger partial charge in [-0.3, -0.25) is 4.99 Å². The Bertz CT molecular complexity index is 169. The molecule has 2 aliphatic heterocycles. The molecule has 2 heterocycles. The van der Waals surface area contributed by atoms with Gasteiger partial charge in [-0.15, -0.1) is 0 Å². The summed E-state index contributed by atoms with van der Waals surface area (Å²) >= 11 is 0. The molecule has 0 N–H and O–H groups in total. The fourth-order valence-electron chi connectivity index (χ4n) is 0.981. The van der Waals surface area contributed by atoms with Crippen molar-refractivity contribution in [2.75, 3.05) is 6.54 Å². The van der Waals surface area contributed by atoms with E-state index in [0.717, 1.165) is 6.54 Å². The Morgan fingerprint density at radius 3 is 3.38 bits per heavy atom. The van der Waals surface area contributed by atoms with Crippen molar-refractivity contribution in [1.82, 2.24) is 4.90 Å². The van der Waals surface area contributed by atoms with Gasteiger partial charge in [-0.25, -0.2) is 0 Å². The molecular formula is C6H8N2. The molecule has 1 atom stereocenters. The molecule has 42 valence electrons. The fraction of sp³-hybridized carbons (Fsp3) is 0.500. The van der Waals surface area contributed by atoms with Gasteiger partial charge in [-0.2, -0.15) is 0 Å². The van der Waals surface area contributed by atoms with Crippen LogP contribution in [0.15, 0.2) is 16.8 Å². The summed E-state index contributed by atoms with van der Waals surface area (Å²) in [6.07, 6.45) is 4.45. The maximum atomic E-state index is 4.18. The number of allylic oxidation sites excluding steroid dienone is 2. The lowest BCUT2D eigenvalue weighted by Crippen LogP contribution is -2.00. The highest BCUT2D eigenvalue weighted by Gasteiger charge is 2.34. The van der Waals surface area contributed by atoms with E-state index in [1.165, 1.54) is 5.70 Å². The number of hydrogen-bond acceptors (Lipinski definition) is 2. The van der Waals surface area contributed by atoms with Crippen LogP contribution in [-0.4, -0.2) is 23.8 Å². The summed E-state index contributed by atoms with van der Waals surface area (Å²) < 4.78 is 0. The van der Waals surface area contributed by atoms with E-state index in [0.29, 0.717) is 6.17 Å². The second-order valence-corrected chi connectivity index (χ2v) is 2.24. The molecular weight excluding hydrogens is 100 g/mol. The molecule has 2 heteroatoms. The maximum absolute atomic E-state index is 4.18. The summed E-state index contributed by atoms with van der Waals surface area (Å²) in [4.78, 5) is 6.44. The molecule has 2 aliphatic rings. The smallest absolute Gasteiger partial charge is 0.138 e. The van der Waals surface area contributed by atoms with E-state index >= 15 is 0 Å². The lowest BCUT2D eigenvalue weighted by Gasteiger charge is -2.03. The molecule has 0 amide bonds. The SMILES string of the molecule is CC1=CC=NC2CN12. The van der Waals surface area contributed by atoms with Crippen molar-refractivity contribution in [2.24, 2.45) is 4.99 Å². The standard InChI is InChI=1S/C6H8N2/c1-5-2-3-7-6-4-8(5)6/h2-3,6H,4H2,1H3. The van der Waals surface area contributed by atoms with Gasteiger partial charge >= 0.3 is 0 Å². The molecule has 0 aromatic rings. The number of hydrogen-bond donors (Lipinski definition) is 0. The zero-order chi connectivity index (χ0) is 5.56. The van der Waals surface area contributed by atoms with E-state index < -0.39 is 0 Å². The summed E-state index contributed by atoms with van der Waals surface area (Å²) in [6.45, 7) is 3.25. The second-order valence-electron chi connectivity index (χ2n) is 2.24. The highest BCUT2D eigenvalue weighted by Crippen LogP contribution is 2.26.